The highest BCUT2D eigenvalue weighted by Gasteiger charge is 2.16. The number of benzene rings is 1. The number of halogens is 3. The summed E-state index contributed by atoms with van der Waals surface area (Å²) in [6.45, 7) is 0.932. The van der Waals surface area contributed by atoms with Crippen molar-refractivity contribution in [1.29, 1.82) is 0 Å². The minimum atomic E-state index is -1.14. The average molecular weight is 327 g/mol. The van der Waals surface area contributed by atoms with Crippen LogP contribution in [0, 0.1) is 0 Å². The standard InChI is InChI=1S/C11H10Cl3NO4/c1-5(11(17)18)15-9(16)4-19-10-7(13)2-6(12)3-8(10)14/h2-3,5H,4H2,1H3,(H,15,16)(H,17,18)/t5-/m1/s1. The van der Waals surface area contributed by atoms with Gasteiger partial charge >= 0.3 is 5.97 Å². The van der Waals surface area contributed by atoms with Gasteiger partial charge in [-0.25, -0.2) is 0 Å². The number of carboxylic acid groups (broad SMARTS) is 1. The number of nitrogens with one attached hydrogen (secondary N) is 1. The van der Waals surface area contributed by atoms with Gasteiger partial charge in [0.2, 0.25) is 0 Å². The zero-order valence-corrected chi connectivity index (χ0v) is 12.0. The smallest absolute Gasteiger partial charge is 0.325 e. The van der Waals surface area contributed by atoms with E-state index in [1.807, 2.05) is 0 Å². The second-order valence-corrected chi connectivity index (χ2v) is 4.87. The summed E-state index contributed by atoms with van der Waals surface area (Å²) in [6.07, 6.45) is 0. The first-order valence-corrected chi connectivity index (χ1v) is 6.24. The molecule has 0 unspecified atom stereocenters. The van der Waals surface area contributed by atoms with Crippen molar-refractivity contribution in [2.45, 2.75) is 13.0 Å². The van der Waals surface area contributed by atoms with Crippen LogP contribution in [0.2, 0.25) is 15.1 Å². The fraction of sp³-hybridized carbons (Fsp3) is 0.273. The third kappa shape index (κ3) is 4.78. The third-order valence-electron chi connectivity index (χ3n) is 2.06. The van der Waals surface area contributed by atoms with E-state index < -0.39 is 24.5 Å². The van der Waals surface area contributed by atoms with E-state index in [9.17, 15) is 9.59 Å². The van der Waals surface area contributed by atoms with Gasteiger partial charge in [0.15, 0.2) is 12.4 Å². The summed E-state index contributed by atoms with van der Waals surface area (Å²) in [5.41, 5.74) is 0. The van der Waals surface area contributed by atoms with Crippen LogP contribution in [0.25, 0.3) is 0 Å². The van der Waals surface area contributed by atoms with Crippen molar-refractivity contribution in [3.8, 4) is 5.75 Å². The molecule has 0 saturated heterocycles. The molecule has 0 radical (unpaired) electrons. The summed E-state index contributed by atoms with van der Waals surface area (Å²) in [4.78, 5) is 22.0. The maximum absolute atomic E-state index is 11.4. The van der Waals surface area contributed by atoms with Gasteiger partial charge in [0, 0.05) is 5.02 Å². The maximum atomic E-state index is 11.4. The second-order valence-electron chi connectivity index (χ2n) is 3.61. The number of aliphatic carboxylic acids is 1. The quantitative estimate of drug-likeness (QED) is 0.872. The van der Waals surface area contributed by atoms with Crippen LogP contribution < -0.4 is 10.1 Å². The first-order valence-electron chi connectivity index (χ1n) is 5.10. The first kappa shape index (κ1) is 15.9. The average Bonchev–Trinajstić information content (AvgIpc) is 2.27. The Balaban J connectivity index is 2.63. The molecule has 104 valence electrons. The Labute approximate surface area is 124 Å². The lowest BCUT2D eigenvalue weighted by Crippen LogP contribution is -2.40. The molecule has 0 saturated carbocycles. The highest BCUT2D eigenvalue weighted by atomic mass is 35.5. The SMILES string of the molecule is C[C@@H](NC(=O)COc1c(Cl)cc(Cl)cc1Cl)C(=O)O. The fourth-order valence-corrected chi connectivity index (χ4v) is 2.08. The molecule has 0 bridgehead atoms. The lowest BCUT2D eigenvalue weighted by atomic mass is 10.3. The summed E-state index contributed by atoms with van der Waals surface area (Å²) >= 11 is 17.4. The highest BCUT2D eigenvalue weighted by Crippen LogP contribution is 2.35. The minimum Gasteiger partial charge on any atom is -0.481 e. The molecule has 1 aromatic carbocycles. The van der Waals surface area contributed by atoms with Gasteiger partial charge in [-0.2, -0.15) is 0 Å². The van der Waals surface area contributed by atoms with E-state index in [0.717, 1.165) is 0 Å². The number of carbonyl (C=O) groups excluding carboxylic acids is 1. The molecule has 0 aromatic heterocycles. The molecule has 1 atom stereocenters. The highest BCUT2D eigenvalue weighted by molar-refractivity contribution is 6.40. The molecule has 1 aromatic rings. The minimum absolute atomic E-state index is 0.117. The molecule has 8 heteroatoms. The van der Waals surface area contributed by atoms with Gasteiger partial charge in [0.1, 0.15) is 6.04 Å². The van der Waals surface area contributed by atoms with Gasteiger partial charge in [0.05, 0.1) is 10.0 Å². The normalized spacial score (nSPS) is 11.8. The van der Waals surface area contributed by atoms with Gasteiger partial charge in [-0.05, 0) is 19.1 Å². The summed E-state index contributed by atoms with van der Waals surface area (Å²) in [5.74, 6) is -1.63. The van der Waals surface area contributed by atoms with Crippen LogP contribution in [-0.2, 0) is 9.59 Å². The Bertz CT molecular complexity index is 484. The van der Waals surface area contributed by atoms with Crippen molar-refractivity contribution in [2.75, 3.05) is 6.61 Å². The maximum Gasteiger partial charge on any atom is 0.325 e. The molecule has 0 aliphatic rings. The summed E-state index contributed by atoms with van der Waals surface area (Å²) in [7, 11) is 0. The van der Waals surface area contributed by atoms with Crippen LogP contribution in [-0.4, -0.2) is 29.6 Å². The molecule has 1 amide bonds. The Morgan fingerprint density at radius 1 is 1.32 bits per heavy atom. The van der Waals surface area contributed by atoms with Crippen LogP contribution in [0.15, 0.2) is 12.1 Å². The largest absolute Gasteiger partial charge is 0.481 e. The van der Waals surface area contributed by atoms with Crippen LogP contribution in [0.1, 0.15) is 6.92 Å². The zero-order valence-electron chi connectivity index (χ0n) is 9.75. The van der Waals surface area contributed by atoms with Crippen molar-refractivity contribution < 1.29 is 19.4 Å². The van der Waals surface area contributed by atoms with Crippen LogP contribution in [0.5, 0.6) is 5.75 Å². The molecular formula is C11H10Cl3NO4. The number of amides is 1. The van der Waals surface area contributed by atoms with E-state index in [2.05, 4.69) is 5.32 Å². The van der Waals surface area contributed by atoms with Gasteiger partial charge < -0.3 is 15.2 Å². The monoisotopic (exact) mass is 325 g/mol. The fourth-order valence-electron chi connectivity index (χ4n) is 1.15. The van der Waals surface area contributed by atoms with Crippen molar-refractivity contribution in [1.82, 2.24) is 5.32 Å². The van der Waals surface area contributed by atoms with Gasteiger partial charge in [-0.15, -0.1) is 0 Å². The van der Waals surface area contributed by atoms with E-state index in [0.29, 0.717) is 5.02 Å². The Morgan fingerprint density at radius 3 is 2.32 bits per heavy atom. The molecule has 2 N–H and O–H groups in total. The summed E-state index contributed by atoms with van der Waals surface area (Å²) in [6, 6.07) is 1.83. The van der Waals surface area contributed by atoms with E-state index in [4.69, 9.17) is 44.6 Å². The Hall–Kier alpha value is -1.17. The lowest BCUT2D eigenvalue weighted by molar-refractivity contribution is -0.141. The first-order chi connectivity index (χ1) is 8.81. The molecule has 0 aliphatic heterocycles. The van der Waals surface area contributed by atoms with Gasteiger partial charge in [-0.1, -0.05) is 34.8 Å². The van der Waals surface area contributed by atoms with Crippen molar-refractivity contribution >= 4 is 46.7 Å². The van der Waals surface area contributed by atoms with Crippen molar-refractivity contribution in [3.05, 3.63) is 27.2 Å². The lowest BCUT2D eigenvalue weighted by Gasteiger charge is -2.12. The third-order valence-corrected chi connectivity index (χ3v) is 2.84. The van der Waals surface area contributed by atoms with E-state index in [1.165, 1.54) is 19.1 Å². The van der Waals surface area contributed by atoms with Gasteiger partial charge in [0.25, 0.3) is 5.91 Å². The number of carbonyl (C=O) groups is 2. The van der Waals surface area contributed by atoms with Gasteiger partial charge in [-0.3, -0.25) is 9.59 Å². The van der Waals surface area contributed by atoms with Crippen LogP contribution in [0.3, 0.4) is 0 Å². The number of rotatable bonds is 5. The van der Waals surface area contributed by atoms with Crippen molar-refractivity contribution in [3.63, 3.8) is 0 Å². The van der Waals surface area contributed by atoms with Crippen molar-refractivity contribution in [2.24, 2.45) is 0 Å². The molecule has 0 heterocycles. The van der Waals surface area contributed by atoms with E-state index in [-0.39, 0.29) is 15.8 Å². The topological polar surface area (TPSA) is 75.6 Å². The van der Waals surface area contributed by atoms with E-state index >= 15 is 0 Å². The second kappa shape index (κ2) is 6.84. The molecule has 0 spiro atoms. The molecule has 19 heavy (non-hydrogen) atoms. The molecule has 0 fully saturated rings. The Morgan fingerprint density at radius 2 is 1.84 bits per heavy atom. The molecule has 0 aliphatic carbocycles. The molecule has 1 rings (SSSR count). The number of carboxylic acids is 1. The Kier molecular flexibility index (Phi) is 5.72. The predicted molar refractivity (Wildman–Crippen MR) is 72.2 cm³/mol. The van der Waals surface area contributed by atoms with E-state index in [1.54, 1.807) is 0 Å². The number of hydrogen-bond acceptors (Lipinski definition) is 3. The summed E-state index contributed by atoms with van der Waals surface area (Å²) in [5, 5.41) is 11.5. The van der Waals surface area contributed by atoms with Crippen LogP contribution >= 0.6 is 34.8 Å². The number of hydrogen-bond donors (Lipinski definition) is 2. The molecule has 5 nitrogen and oxygen atoms in total. The molecular weight excluding hydrogens is 316 g/mol. The van der Waals surface area contributed by atoms with Crippen LogP contribution in [0.4, 0.5) is 0 Å². The zero-order chi connectivity index (χ0) is 14.6. The number of ether oxygens (including phenoxy) is 1. The predicted octanol–water partition coefficient (Wildman–Crippen LogP) is 2.61. The summed E-state index contributed by atoms with van der Waals surface area (Å²) < 4.78 is 5.14.